The largest absolute Gasteiger partial charge is 0.374 e. The van der Waals surface area contributed by atoms with E-state index in [-0.39, 0.29) is 6.10 Å². The predicted octanol–water partition coefficient (Wildman–Crippen LogP) is 2.13. The minimum Gasteiger partial charge on any atom is -0.374 e. The van der Waals surface area contributed by atoms with E-state index in [0.29, 0.717) is 25.1 Å². The predicted molar refractivity (Wildman–Crippen MR) is 104 cm³/mol. The minimum absolute atomic E-state index is 0.272. The summed E-state index contributed by atoms with van der Waals surface area (Å²) in [5, 5.41) is 3.23. The number of hydrogen-bond acceptors (Lipinski definition) is 6. The summed E-state index contributed by atoms with van der Waals surface area (Å²) >= 11 is 1.72. The van der Waals surface area contributed by atoms with E-state index in [2.05, 4.69) is 25.1 Å². The fourth-order valence-corrected chi connectivity index (χ4v) is 5.35. The van der Waals surface area contributed by atoms with Crippen molar-refractivity contribution in [2.75, 3.05) is 50.8 Å². The van der Waals surface area contributed by atoms with Crippen LogP contribution in [0.1, 0.15) is 37.8 Å². The van der Waals surface area contributed by atoms with Crippen LogP contribution in [0.15, 0.2) is 5.38 Å². The van der Waals surface area contributed by atoms with E-state index >= 15 is 0 Å². The Hall–Kier alpha value is -1.18. The maximum absolute atomic E-state index is 13.0. The summed E-state index contributed by atoms with van der Waals surface area (Å²) in [5.41, 5.74) is 1.09. The Morgan fingerprint density at radius 2 is 2.08 bits per heavy atom. The molecule has 0 unspecified atom stereocenters. The summed E-state index contributed by atoms with van der Waals surface area (Å²) in [6.07, 6.45) is 6.03. The molecule has 0 N–H and O–H groups in total. The zero-order valence-corrected chi connectivity index (χ0v) is 16.5. The van der Waals surface area contributed by atoms with Gasteiger partial charge in [-0.25, -0.2) is 4.98 Å². The van der Waals surface area contributed by atoms with E-state index in [1.165, 1.54) is 12.8 Å². The zero-order chi connectivity index (χ0) is 17.9. The lowest BCUT2D eigenvalue weighted by Crippen LogP contribution is -2.56. The highest BCUT2D eigenvalue weighted by atomic mass is 32.1. The molecule has 6 nitrogen and oxygen atoms in total. The summed E-state index contributed by atoms with van der Waals surface area (Å²) in [4.78, 5) is 24.4. The quantitative estimate of drug-likeness (QED) is 0.806. The number of hydrogen-bond donors (Lipinski definition) is 0. The normalized spacial score (nSPS) is 27.9. The third-order valence-electron chi connectivity index (χ3n) is 5.88. The minimum atomic E-state index is 0.272. The number of thiazole rings is 1. The van der Waals surface area contributed by atoms with Crippen LogP contribution in [0.2, 0.25) is 0 Å². The number of carbonyl (C=O) groups excluding carboxylic acids is 1. The summed E-state index contributed by atoms with van der Waals surface area (Å²) in [5.74, 6) is 0.295. The first kappa shape index (κ1) is 18.2. The molecule has 3 heterocycles. The van der Waals surface area contributed by atoms with Crippen molar-refractivity contribution in [3.05, 3.63) is 11.1 Å². The Kier molecular flexibility index (Phi) is 5.76. The molecule has 3 aliphatic rings. The number of morpholine rings is 1. The van der Waals surface area contributed by atoms with Crippen LogP contribution in [0.3, 0.4) is 0 Å². The van der Waals surface area contributed by atoms with Crippen LogP contribution in [0.5, 0.6) is 0 Å². The van der Waals surface area contributed by atoms with Crippen molar-refractivity contribution in [1.29, 1.82) is 0 Å². The second kappa shape index (κ2) is 8.23. The molecule has 0 spiro atoms. The molecule has 144 valence electrons. The summed E-state index contributed by atoms with van der Waals surface area (Å²) in [6, 6.07) is 0.312. The second-order valence-electron chi connectivity index (χ2n) is 7.74. The van der Waals surface area contributed by atoms with E-state index in [4.69, 9.17) is 4.74 Å². The van der Waals surface area contributed by atoms with Crippen molar-refractivity contribution >= 4 is 22.4 Å². The molecule has 3 fully saturated rings. The molecule has 1 aromatic rings. The average Bonchev–Trinajstić information content (AvgIpc) is 2.96. The molecule has 1 aliphatic carbocycles. The second-order valence-corrected chi connectivity index (χ2v) is 8.57. The van der Waals surface area contributed by atoms with Crippen LogP contribution >= 0.6 is 11.3 Å². The molecule has 1 amide bonds. The molecular weight excluding hydrogens is 348 g/mol. The van der Waals surface area contributed by atoms with Gasteiger partial charge in [-0.15, -0.1) is 11.3 Å². The molecule has 2 saturated heterocycles. The fourth-order valence-electron chi connectivity index (χ4n) is 4.50. The first-order chi connectivity index (χ1) is 12.7. The monoisotopic (exact) mass is 378 g/mol. The highest BCUT2D eigenvalue weighted by Crippen LogP contribution is 2.28. The molecule has 7 heteroatoms. The van der Waals surface area contributed by atoms with Gasteiger partial charge in [0, 0.05) is 38.1 Å². The molecular formula is C19H30N4O2S. The van der Waals surface area contributed by atoms with Crippen LogP contribution in [0.4, 0.5) is 5.13 Å². The third kappa shape index (κ3) is 4.05. The van der Waals surface area contributed by atoms with Gasteiger partial charge in [0.25, 0.3) is 0 Å². The van der Waals surface area contributed by atoms with E-state index in [1.807, 2.05) is 6.92 Å². The van der Waals surface area contributed by atoms with Gasteiger partial charge in [0.15, 0.2) is 5.13 Å². The first-order valence-electron chi connectivity index (χ1n) is 10.0. The average molecular weight is 379 g/mol. The fraction of sp³-hybridized carbons (Fsp3) is 0.789. The van der Waals surface area contributed by atoms with Gasteiger partial charge in [0.1, 0.15) is 0 Å². The van der Waals surface area contributed by atoms with Crippen molar-refractivity contribution < 1.29 is 9.53 Å². The van der Waals surface area contributed by atoms with E-state index in [0.717, 1.165) is 62.8 Å². The van der Waals surface area contributed by atoms with Crippen LogP contribution in [-0.4, -0.2) is 78.7 Å². The number of ether oxygens (including phenoxy) is 1. The Bertz CT molecular complexity index is 620. The van der Waals surface area contributed by atoms with Crippen LogP contribution < -0.4 is 4.90 Å². The van der Waals surface area contributed by atoms with Crippen LogP contribution in [-0.2, 0) is 9.53 Å². The zero-order valence-electron chi connectivity index (χ0n) is 15.7. The Morgan fingerprint density at radius 3 is 2.92 bits per heavy atom. The van der Waals surface area contributed by atoms with Crippen molar-refractivity contribution in [2.24, 2.45) is 0 Å². The van der Waals surface area contributed by atoms with Crippen molar-refractivity contribution in [2.45, 2.75) is 51.2 Å². The standard InChI is InChI=1S/C19H30N4O2S/c1-15-14-26-19(20-15)22-8-4-7-21(9-10-22)13-18(24)23-11-12-25-17-6-3-2-5-16(17)23/h14,16-17H,2-13H2,1H3/t16-,17+/m0/s1. The highest BCUT2D eigenvalue weighted by molar-refractivity contribution is 7.13. The topological polar surface area (TPSA) is 48.9 Å². The number of carbonyl (C=O) groups is 1. The lowest BCUT2D eigenvalue weighted by atomic mass is 9.90. The maximum Gasteiger partial charge on any atom is 0.237 e. The number of nitrogens with zero attached hydrogens (tertiary/aromatic N) is 4. The smallest absolute Gasteiger partial charge is 0.237 e. The Morgan fingerprint density at radius 1 is 1.19 bits per heavy atom. The SMILES string of the molecule is Cc1csc(N2CCCN(CC(=O)N3CCO[C@@H]4CCCC[C@@H]43)CC2)n1. The molecule has 4 rings (SSSR count). The molecule has 2 aliphatic heterocycles. The van der Waals surface area contributed by atoms with Crippen LogP contribution in [0.25, 0.3) is 0 Å². The van der Waals surface area contributed by atoms with Crippen molar-refractivity contribution in [1.82, 2.24) is 14.8 Å². The Balaban J connectivity index is 1.33. The van der Waals surface area contributed by atoms with Gasteiger partial charge in [-0.2, -0.15) is 0 Å². The molecule has 0 bridgehead atoms. The Labute approximate surface area is 160 Å². The summed E-state index contributed by atoms with van der Waals surface area (Å²) < 4.78 is 5.92. The maximum atomic E-state index is 13.0. The third-order valence-corrected chi connectivity index (χ3v) is 6.90. The highest BCUT2D eigenvalue weighted by Gasteiger charge is 2.37. The molecule has 1 saturated carbocycles. The lowest BCUT2D eigenvalue weighted by molar-refractivity contribution is -0.150. The van der Waals surface area contributed by atoms with E-state index in [9.17, 15) is 4.79 Å². The number of amides is 1. The summed E-state index contributed by atoms with van der Waals surface area (Å²) in [6.45, 7) is 7.96. The van der Waals surface area contributed by atoms with Crippen molar-refractivity contribution in [3.63, 3.8) is 0 Å². The van der Waals surface area contributed by atoms with E-state index in [1.54, 1.807) is 11.3 Å². The lowest BCUT2D eigenvalue weighted by Gasteiger charge is -2.44. The van der Waals surface area contributed by atoms with Crippen molar-refractivity contribution in [3.8, 4) is 0 Å². The summed E-state index contributed by atoms with van der Waals surface area (Å²) in [7, 11) is 0. The van der Waals surface area contributed by atoms with Gasteiger partial charge >= 0.3 is 0 Å². The van der Waals surface area contributed by atoms with Gasteiger partial charge in [-0.05, 0) is 26.2 Å². The van der Waals surface area contributed by atoms with Crippen LogP contribution in [0, 0.1) is 6.92 Å². The van der Waals surface area contributed by atoms with Gasteiger partial charge < -0.3 is 14.5 Å². The number of anilines is 1. The van der Waals surface area contributed by atoms with E-state index < -0.39 is 0 Å². The molecule has 1 aromatic heterocycles. The first-order valence-corrected chi connectivity index (χ1v) is 10.9. The van der Waals surface area contributed by atoms with Gasteiger partial charge in [0.2, 0.25) is 5.91 Å². The molecule has 0 radical (unpaired) electrons. The number of rotatable bonds is 3. The van der Waals surface area contributed by atoms with Gasteiger partial charge in [-0.1, -0.05) is 12.8 Å². The van der Waals surface area contributed by atoms with Gasteiger partial charge in [0.05, 0.1) is 31.0 Å². The number of aryl methyl sites for hydroxylation is 1. The number of aromatic nitrogens is 1. The van der Waals surface area contributed by atoms with Gasteiger partial charge in [-0.3, -0.25) is 9.69 Å². The molecule has 0 aromatic carbocycles. The molecule has 26 heavy (non-hydrogen) atoms. The number of fused-ring (bicyclic) bond motifs is 1. The molecule has 2 atom stereocenters.